The third-order valence-corrected chi connectivity index (χ3v) is 6.71. The number of amides is 2. The minimum absolute atomic E-state index is 0.0330. The molecular formula is C26H30N2O5. The number of aliphatic carboxylic acids is 1. The van der Waals surface area contributed by atoms with Crippen LogP contribution in [-0.4, -0.2) is 53.2 Å². The maximum absolute atomic E-state index is 13.1. The molecule has 4 rings (SSSR count). The van der Waals surface area contributed by atoms with Gasteiger partial charge in [0.1, 0.15) is 12.6 Å². The molecule has 33 heavy (non-hydrogen) atoms. The second kappa shape index (κ2) is 10.1. The molecule has 174 valence electrons. The van der Waals surface area contributed by atoms with E-state index in [0.29, 0.717) is 6.54 Å². The summed E-state index contributed by atoms with van der Waals surface area (Å²) >= 11 is 0. The number of benzene rings is 2. The highest BCUT2D eigenvalue weighted by molar-refractivity contribution is 5.86. The molecule has 1 heterocycles. The Morgan fingerprint density at radius 2 is 1.73 bits per heavy atom. The molecular weight excluding hydrogens is 420 g/mol. The predicted octanol–water partition coefficient (Wildman–Crippen LogP) is 4.16. The fourth-order valence-corrected chi connectivity index (χ4v) is 5.06. The van der Waals surface area contributed by atoms with Crippen LogP contribution in [0.3, 0.4) is 0 Å². The van der Waals surface area contributed by atoms with Crippen molar-refractivity contribution < 1.29 is 24.2 Å². The zero-order valence-corrected chi connectivity index (χ0v) is 18.8. The maximum atomic E-state index is 13.1. The summed E-state index contributed by atoms with van der Waals surface area (Å²) in [6.45, 7) is 2.80. The highest BCUT2D eigenvalue weighted by Crippen LogP contribution is 2.44. The van der Waals surface area contributed by atoms with Crippen LogP contribution in [0.4, 0.5) is 4.79 Å². The van der Waals surface area contributed by atoms with Gasteiger partial charge in [-0.25, -0.2) is 4.79 Å². The number of carbonyl (C=O) groups excluding carboxylic acids is 2. The first-order chi connectivity index (χ1) is 16.0. The molecule has 0 radical (unpaired) electrons. The van der Waals surface area contributed by atoms with Crippen LogP contribution < -0.4 is 5.32 Å². The number of nitrogens with one attached hydrogen (secondary N) is 1. The number of carboxylic acid groups (broad SMARTS) is 1. The van der Waals surface area contributed by atoms with Crippen molar-refractivity contribution in [1.29, 1.82) is 0 Å². The largest absolute Gasteiger partial charge is 0.481 e. The molecule has 2 aromatic rings. The third kappa shape index (κ3) is 4.87. The Hall–Kier alpha value is -3.35. The lowest BCUT2D eigenvalue weighted by Gasteiger charge is -2.28. The van der Waals surface area contributed by atoms with Crippen molar-refractivity contribution in [2.45, 2.75) is 57.0 Å². The van der Waals surface area contributed by atoms with E-state index in [-0.39, 0.29) is 37.3 Å². The van der Waals surface area contributed by atoms with Gasteiger partial charge in [0.25, 0.3) is 0 Å². The van der Waals surface area contributed by atoms with Crippen LogP contribution in [0.5, 0.6) is 0 Å². The summed E-state index contributed by atoms with van der Waals surface area (Å²) in [5.74, 6) is -1.32. The van der Waals surface area contributed by atoms with Gasteiger partial charge < -0.3 is 20.1 Å². The van der Waals surface area contributed by atoms with E-state index in [1.54, 1.807) is 4.90 Å². The molecule has 2 N–H and O–H groups in total. The molecule has 2 unspecified atom stereocenters. The lowest BCUT2D eigenvalue weighted by Crippen LogP contribution is -2.50. The van der Waals surface area contributed by atoms with Crippen LogP contribution in [0.2, 0.25) is 0 Å². The Kier molecular flexibility index (Phi) is 6.96. The first-order valence-corrected chi connectivity index (χ1v) is 11.6. The number of fused-ring (bicyclic) bond motifs is 3. The number of carbonyl (C=O) groups is 3. The third-order valence-electron chi connectivity index (χ3n) is 6.71. The fraction of sp³-hybridized carbons (Fsp3) is 0.423. The van der Waals surface area contributed by atoms with Crippen molar-refractivity contribution in [3.05, 3.63) is 59.7 Å². The van der Waals surface area contributed by atoms with Gasteiger partial charge in [-0.15, -0.1) is 0 Å². The van der Waals surface area contributed by atoms with E-state index in [1.165, 1.54) is 0 Å². The fourth-order valence-electron chi connectivity index (χ4n) is 5.06. The van der Waals surface area contributed by atoms with Crippen LogP contribution >= 0.6 is 0 Å². The van der Waals surface area contributed by atoms with Crippen molar-refractivity contribution in [2.24, 2.45) is 0 Å². The molecule has 0 saturated carbocycles. The average Bonchev–Trinajstić information content (AvgIpc) is 3.42. The number of nitrogens with zero attached hydrogens (tertiary/aromatic N) is 1. The first-order valence-electron chi connectivity index (χ1n) is 11.6. The van der Waals surface area contributed by atoms with Gasteiger partial charge in [0.15, 0.2) is 0 Å². The van der Waals surface area contributed by atoms with Crippen LogP contribution in [0.25, 0.3) is 11.1 Å². The summed E-state index contributed by atoms with van der Waals surface area (Å²) in [5, 5.41) is 11.8. The summed E-state index contributed by atoms with van der Waals surface area (Å²) in [6, 6.07) is 15.4. The van der Waals surface area contributed by atoms with Gasteiger partial charge in [-0.3, -0.25) is 9.59 Å². The number of likely N-dealkylation sites (tertiary alicyclic amines) is 1. The highest BCUT2D eigenvalue weighted by Gasteiger charge is 2.34. The zero-order chi connectivity index (χ0) is 23.4. The van der Waals surface area contributed by atoms with E-state index >= 15 is 0 Å². The number of alkyl carbamates (subject to hydrolysis) is 1. The van der Waals surface area contributed by atoms with Crippen molar-refractivity contribution >= 4 is 18.0 Å². The molecule has 1 aliphatic heterocycles. The van der Waals surface area contributed by atoms with Gasteiger partial charge in [0.05, 0.1) is 0 Å². The van der Waals surface area contributed by atoms with E-state index in [0.717, 1.165) is 41.5 Å². The molecule has 7 heteroatoms. The van der Waals surface area contributed by atoms with Gasteiger partial charge in [0.2, 0.25) is 5.91 Å². The first kappa shape index (κ1) is 22.8. The second-order valence-electron chi connectivity index (χ2n) is 8.69. The molecule has 1 fully saturated rings. The van der Waals surface area contributed by atoms with Crippen molar-refractivity contribution in [1.82, 2.24) is 10.2 Å². The molecule has 0 bridgehead atoms. The molecule has 2 amide bonds. The van der Waals surface area contributed by atoms with E-state index in [9.17, 15) is 14.4 Å². The smallest absolute Gasteiger partial charge is 0.407 e. The minimum Gasteiger partial charge on any atom is -0.481 e. The molecule has 7 nitrogen and oxygen atoms in total. The van der Waals surface area contributed by atoms with Gasteiger partial charge >= 0.3 is 12.1 Å². The molecule has 2 atom stereocenters. The lowest BCUT2D eigenvalue weighted by molar-refractivity contribution is -0.138. The number of hydrogen-bond donors (Lipinski definition) is 2. The van der Waals surface area contributed by atoms with E-state index in [2.05, 4.69) is 17.4 Å². The zero-order valence-electron chi connectivity index (χ0n) is 18.8. The van der Waals surface area contributed by atoms with Crippen LogP contribution in [0.15, 0.2) is 48.5 Å². The number of hydrogen-bond acceptors (Lipinski definition) is 4. The van der Waals surface area contributed by atoms with Gasteiger partial charge in [-0.2, -0.15) is 0 Å². The Balaban J connectivity index is 1.43. The second-order valence-corrected chi connectivity index (χ2v) is 8.69. The predicted molar refractivity (Wildman–Crippen MR) is 124 cm³/mol. The summed E-state index contributed by atoms with van der Waals surface area (Å²) in [6.07, 6.45) is 1.81. The van der Waals surface area contributed by atoms with Crippen molar-refractivity contribution in [3.8, 4) is 11.1 Å². The van der Waals surface area contributed by atoms with Gasteiger partial charge in [-0.1, -0.05) is 55.5 Å². The quantitative estimate of drug-likeness (QED) is 0.630. The van der Waals surface area contributed by atoms with Crippen LogP contribution in [0.1, 0.15) is 56.1 Å². The average molecular weight is 451 g/mol. The minimum atomic E-state index is -1.00. The normalized spacial score (nSPS) is 17.8. The molecule has 0 aromatic heterocycles. The number of rotatable bonds is 8. The summed E-state index contributed by atoms with van der Waals surface area (Å²) in [4.78, 5) is 38.7. The Morgan fingerprint density at radius 1 is 1.09 bits per heavy atom. The Bertz CT molecular complexity index is 991. The Morgan fingerprint density at radius 3 is 2.33 bits per heavy atom. The SMILES string of the molecule is CCC1CCCN1C(=O)C(CCC(=O)O)NC(=O)OCC1c2ccccc2-c2ccccc21. The summed E-state index contributed by atoms with van der Waals surface area (Å²) in [7, 11) is 0. The summed E-state index contributed by atoms with van der Waals surface area (Å²) < 4.78 is 5.57. The van der Waals surface area contributed by atoms with Crippen molar-refractivity contribution in [2.75, 3.05) is 13.2 Å². The molecule has 1 saturated heterocycles. The van der Waals surface area contributed by atoms with Crippen LogP contribution in [-0.2, 0) is 14.3 Å². The van der Waals surface area contributed by atoms with E-state index in [1.807, 2.05) is 43.3 Å². The van der Waals surface area contributed by atoms with E-state index in [4.69, 9.17) is 9.84 Å². The van der Waals surface area contributed by atoms with Gasteiger partial charge in [0, 0.05) is 24.9 Å². The Labute approximate surface area is 193 Å². The summed E-state index contributed by atoms with van der Waals surface area (Å²) in [5.41, 5.74) is 4.48. The lowest BCUT2D eigenvalue weighted by atomic mass is 9.98. The standard InChI is InChI=1S/C26H30N2O5/c1-2-17-8-7-15-28(17)25(31)23(13-14-24(29)30)27-26(32)33-16-22-20-11-5-3-9-18(20)19-10-4-6-12-21(19)22/h3-6,9-12,17,22-23H,2,7-8,13-16H2,1H3,(H,27,32)(H,29,30). The molecule has 2 aromatic carbocycles. The number of carboxylic acids is 1. The highest BCUT2D eigenvalue weighted by atomic mass is 16.5. The van der Waals surface area contributed by atoms with Crippen molar-refractivity contribution in [3.63, 3.8) is 0 Å². The molecule has 0 spiro atoms. The van der Waals surface area contributed by atoms with E-state index < -0.39 is 18.1 Å². The molecule has 1 aliphatic carbocycles. The monoisotopic (exact) mass is 450 g/mol. The van der Waals surface area contributed by atoms with Crippen LogP contribution in [0, 0.1) is 0 Å². The topological polar surface area (TPSA) is 95.9 Å². The maximum Gasteiger partial charge on any atom is 0.407 e. The number of ether oxygens (including phenoxy) is 1. The van der Waals surface area contributed by atoms with Gasteiger partial charge in [-0.05, 0) is 47.9 Å². The molecule has 2 aliphatic rings.